The molecule has 1 aromatic carbocycles. The summed E-state index contributed by atoms with van der Waals surface area (Å²) in [5, 5.41) is 0. The second-order valence-corrected chi connectivity index (χ2v) is 30.4. The molecule has 1 aliphatic rings. The van der Waals surface area contributed by atoms with Crippen molar-refractivity contribution in [3.05, 3.63) is 29.3 Å². The van der Waals surface area contributed by atoms with Crippen LogP contribution in [0.4, 0.5) is 0 Å². The van der Waals surface area contributed by atoms with E-state index in [9.17, 15) is 0 Å². The highest BCUT2D eigenvalue weighted by atomic mass is 80.0. The van der Waals surface area contributed by atoms with Crippen LogP contribution in [-0.2, 0) is 6.42 Å². The standard InChI is InChI=1S/C19H29Br3OSi/c1-2-3-8-16-11-12-19(23-13-7-14-24(20,21)22)18(15-16)17-9-5-4-6-10-17/h11-12,15,17H,2-10,13-14H2,1H3. The van der Waals surface area contributed by atoms with Crippen molar-refractivity contribution in [3.8, 4) is 5.75 Å². The molecule has 0 unspecified atom stereocenters. The first-order valence-electron chi connectivity index (χ1n) is 9.32. The molecule has 0 N–H and O–H groups in total. The Labute approximate surface area is 172 Å². The van der Waals surface area contributed by atoms with Crippen molar-refractivity contribution < 1.29 is 4.74 Å². The molecule has 2 rings (SSSR count). The third-order valence-electron chi connectivity index (χ3n) is 4.80. The molecule has 0 bridgehead atoms. The fourth-order valence-electron chi connectivity index (χ4n) is 3.45. The highest BCUT2D eigenvalue weighted by Gasteiger charge is 2.22. The number of benzene rings is 1. The zero-order valence-corrected chi connectivity index (χ0v) is 20.4. The topological polar surface area (TPSA) is 9.23 Å². The van der Waals surface area contributed by atoms with Gasteiger partial charge >= 0.3 is 0 Å². The van der Waals surface area contributed by atoms with Gasteiger partial charge < -0.3 is 4.74 Å². The Bertz CT molecular complexity index is 496. The van der Waals surface area contributed by atoms with Crippen LogP contribution in [-0.4, -0.2) is 10.5 Å². The van der Waals surface area contributed by atoms with Crippen molar-refractivity contribution in [2.45, 2.75) is 76.7 Å². The van der Waals surface area contributed by atoms with Crippen molar-refractivity contribution in [1.29, 1.82) is 0 Å². The number of unbranched alkanes of at least 4 members (excludes halogenated alkanes) is 1. The molecule has 1 nitrogen and oxygen atoms in total. The molecule has 0 aliphatic heterocycles. The lowest BCUT2D eigenvalue weighted by molar-refractivity contribution is 0.307. The zero-order valence-electron chi connectivity index (χ0n) is 14.6. The number of ether oxygens (including phenoxy) is 1. The largest absolute Gasteiger partial charge is 0.493 e. The quantitative estimate of drug-likeness (QED) is 0.175. The summed E-state index contributed by atoms with van der Waals surface area (Å²) >= 11 is 11.1. The van der Waals surface area contributed by atoms with Crippen LogP contribution >= 0.6 is 45.9 Å². The average Bonchev–Trinajstić information content (AvgIpc) is 2.57. The Morgan fingerprint density at radius 2 is 1.83 bits per heavy atom. The van der Waals surface area contributed by atoms with E-state index in [0.29, 0.717) is 5.92 Å². The highest BCUT2D eigenvalue weighted by molar-refractivity contribution is 9.72. The lowest BCUT2D eigenvalue weighted by atomic mass is 9.83. The van der Waals surface area contributed by atoms with Crippen molar-refractivity contribution in [3.63, 3.8) is 0 Å². The van der Waals surface area contributed by atoms with Crippen LogP contribution in [0.5, 0.6) is 5.75 Å². The van der Waals surface area contributed by atoms with E-state index in [4.69, 9.17) is 4.74 Å². The second kappa shape index (κ2) is 10.7. The van der Waals surface area contributed by atoms with E-state index in [0.717, 1.165) is 24.8 Å². The van der Waals surface area contributed by atoms with E-state index in [2.05, 4.69) is 71.0 Å². The molecule has 0 heterocycles. The summed E-state index contributed by atoms with van der Waals surface area (Å²) in [6.45, 7) is 3.06. The molecule has 24 heavy (non-hydrogen) atoms. The summed E-state index contributed by atoms with van der Waals surface area (Å²) in [6, 6.07) is 8.06. The van der Waals surface area contributed by atoms with E-state index in [1.165, 1.54) is 62.5 Å². The molecule has 1 saturated carbocycles. The van der Waals surface area contributed by atoms with Gasteiger partial charge in [-0.25, -0.2) is 0 Å². The average molecular weight is 541 g/mol. The lowest BCUT2D eigenvalue weighted by Gasteiger charge is -2.25. The van der Waals surface area contributed by atoms with Crippen LogP contribution in [0.25, 0.3) is 0 Å². The molecule has 5 heteroatoms. The van der Waals surface area contributed by atoms with Crippen LogP contribution in [0, 0.1) is 0 Å². The fourth-order valence-corrected chi connectivity index (χ4v) is 6.52. The van der Waals surface area contributed by atoms with E-state index in [-0.39, 0.29) is 0 Å². The summed E-state index contributed by atoms with van der Waals surface area (Å²) in [4.78, 5) is 0. The van der Waals surface area contributed by atoms with Crippen molar-refractivity contribution in [2.75, 3.05) is 6.61 Å². The minimum Gasteiger partial charge on any atom is -0.493 e. The molecule has 1 aromatic rings. The summed E-state index contributed by atoms with van der Waals surface area (Å²) < 4.78 is 4.70. The minimum absolute atomic E-state index is 0.701. The lowest BCUT2D eigenvalue weighted by Crippen LogP contribution is -2.11. The van der Waals surface area contributed by atoms with Crippen LogP contribution in [0.15, 0.2) is 18.2 Å². The van der Waals surface area contributed by atoms with Gasteiger partial charge in [0.25, 0.3) is 3.93 Å². The van der Waals surface area contributed by atoms with E-state index in [1.54, 1.807) is 0 Å². The third-order valence-corrected chi connectivity index (χ3v) is 9.29. The molecule has 136 valence electrons. The maximum Gasteiger partial charge on any atom is 0.267 e. The van der Waals surface area contributed by atoms with Crippen LogP contribution in [0.1, 0.15) is 75.3 Å². The Morgan fingerprint density at radius 1 is 1.08 bits per heavy atom. The zero-order chi connectivity index (χ0) is 17.4. The summed E-state index contributed by atoms with van der Waals surface area (Å²) in [5.74, 6) is 1.83. The van der Waals surface area contributed by atoms with Crippen LogP contribution in [0.3, 0.4) is 0 Å². The van der Waals surface area contributed by atoms with Gasteiger partial charge in [-0.3, -0.25) is 0 Å². The molecule has 0 amide bonds. The van der Waals surface area contributed by atoms with Gasteiger partial charge in [0.05, 0.1) is 6.61 Å². The first-order valence-corrected chi connectivity index (χ1v) is 18.3. The van der Waals surface area contributed by atoms with Gasteiger partial charge in [-0.2, -0.15) is 0 Å². The molecule has 1 fully saturated rings. The summed E-state index contributed by atoms with van der Waals surface area (Å²) in [7, 11) is 0. The summed E-state index contributed by atoms with van der Waals surface area (Å²) in [6.07, 6.45) is 11.6. The smallest absolute Gasteiger partial charge is 0.267 e. The third kappa shape index (κ3) is 7.51. The monoisotopic (exact) mass is 538 g/mol. The first-order chi connectivity index (χ1) is 11.5. The van der Waals surface area contributed by atoms with Gasteiger partial charge in [0.2, 0.25) is 0 Å². The molecular formula is C19H29Br3OSi. The van der Waals surface area contributed by atoms with Crippen molar-refractivity contribution >= 4 is 49.8 Å². The Morgan fingerprint density at radius 3 is 2.50 bits per heavy atom. The molecule has 0 atom stereocenters. The Balaban J connectivity index is 2.03. The van der Waals surface area contributed by atoms with E-state index in [1.807, 2.05) is 0 Å². The first kappa shape index (κ1) is 21.0. The maximum atomic E-state index is 6.20. The predicted octanol–water partition coefficient (Wildman–Crippen LogP) is 7.97. The Kier molecular flexibility index (Phi) is 9.39. The number of hydrogen-bond acceptors (Lipinski definition) is 1. The van der Waals surface area contributed by atoms with Gasteiger partial charge in [0.1, 0.15) is 5.75 Å². The van der Waals surface area contributed by atoms with E-state index >= 15 is 0 Å². The number of halogens is 3. The van der Waals surface area contributed by atoms with E-state index < -0.39 is 3.93 Å². The van der Waals surface area contributed by atoms with Gasteiger partial charge in [0, 0.05) is 0 Å². The molecule has 1 aliphatic carbocycles. The minimum atomic E-state index is -1.51. The van der Waals surface area contributed by atoms with Gasteiger partial charge in [-0.15, -0.1) is 0 Å². The van der Waals surface area contributed by atoms with Crippen molar-refractivity contribution in [1.82, 2.24) is 0 Å². The van der Waals surface area contributed by atoms with Gasteiger partial charge in [0.15, 0.2) is 0 Å². The molecular weight excluding hydrogens is 512 g/mol. The normalized spacial score (nSPS) is 16.3. The second-order valence-electron chi connectivity index (χ2n) is 6.88. The highest BCUT2D eigenvalue weighted by Crippen LogP contribution is 2.38. The predicted molar refractivity (Wildman–Crippen MR) is 118 cm³/mol. The fraction of sp³-hybridized carbons (Fsp3) is 0.684. The number of rotatable bonds is 9. The van der Waals surface area contributed by atoms with Gasteiger partial charge in [-0.05, 0) is 61.3 Å². The molecule has 0 saturated heterocycles. The molecule has 0 radical (unpaired) electrons. The van der Waals surface area contributed by atoms with Gasteiger partial charge in [-0.1, -0.05) is 90.6 Å². The molecule has 0 spiro atoms. The maximum absolute atomic E-state index is 6.20. The molecule has 0 aromatic heterocycles. The number of aryl methyl sites for hydroxylation is 1. The van der Waals surface area contributed by atoms with Crippen molar-refractivity contribution in [2.24, 2.45) is 0 Å². The van der Waals surface area contributed by atoms with Crippen LogP contribution < -0.4 is 4.74 Å². The SMILES string of the molecule is CCCCc1ccc(OCCC[Si](Br)(Br)Br)c(C2CCCCC2)c1. The van der Waals surface area contributed by atoms with Crippen LogP contribution in [0.2, 0.25) is 6.04 Å². The summed E-state index contributed by atoms with van der Waals surface area (Å²) in [5.41, 5.74) is 2.96. The number of hydrogen-bond donors (Lipinski definition) is 0. The Hall–Kier alpha value is 0.677.